The lowest BCUT2D eigenvalue weighted by atomic mass is 10.2. The normalized spacial score (nSPS) is 16.8. The van der Waals surface area contributed by atoms with E-state index in [0.717, 1.165) is 41.7 Å². The van der Waals surface area contributed by atoms with Crippen molar-refractivity contribution in [1.82, 2.24) is 15.4 Å². The predicted octanol–water partition coefficient (Wildman–Crippen LogP) is 2.81. The molecule has 3 rings (SSSR count). The van der Waals surface area contributed by atoms with Gasteiger partial charge in [-0.05, 0) is 49.4 Å². The highest BCUT2D eigenvalue weighted by atomic mass is 127. The fraction of sp³-hybridized carbons (Fsp3) is 0.350. The summed E-state index contributed by atoms with van der Waals surface area (Å²) in [6, 6.07) is 15.0. The molecular weight excluding hydrogens is 537 g/mol. The number of rotatable bonds is 6. The zero-order valence-corrected chi connectivity index (χ0v) is 20.8. The minimum atomic E-state index is -3.42. The number of hydrogen-bond acceptors (Lipinski definition) is 4. The number of sulfonamides is 1. The van der Waals surface area contributed by atoms with E-state index in [4.69, 9.17) is 11.6 Å². The molecule has 0 saturated carbocycles. The van der Waals surface area contributed by atoms with E-state index in [9.17, 15) is 8.42 Å². The summed E-state index contributed by atoms with van der Waals surface area (Å²) in [5, 5.41) is 7.48. The molecule has 1 atom stereocenters. The zero-order chi connectivity index (χ0) is 20.9. The summed E-state index contributed by atoms with van der Waals surface area (Å²) in [7, 11) is -0.279. The van der Waals surface area contributed by atoms with Gasteiger partial charge in [0, 0.05) is 43.4 Å². The third-order valence-electron chi connectivity index (χ3n) is 4.89. The first-order valence-corrected chi connectivity index (χ1v) is 11.3. The Labute approximate surface area is 200 Å². The molecule has 0 amide bonds. The van der Waals surface area contributed by atoms with E-state index >= 15 is 0 Å². The van der Waals surface area contributed by atoms with Crippen LogP contribution in [0, 0.1) is 0 Å². The van der Waals surface area contributed by atoms with Crippen LogP contribution in [0.1, 0.15) is 12.0 Å². The van der Waals surface area contributed by atoms with Crippen molar-refractivity contribution in [3.63, 3.8) is 0 Å². The number of anilines is 1. The Morgan fingerprint density at radius 1 is 1.23 bits per heavy atom. The Morgan fingerprint density at radius 2 is 1.97 bits per heavy atom. The molecule has 30 heavy (non-hydrogen) atoms. The largest absolute Gasteiger partial charge is 0.369 e. The van der Waals surface area contributed by atoms with Crippen LogP contribution in [0.5, 0.6) is 0 Å². The van der Waals surface area contributed by atoms with Crippen molar-refractivity contribution in [3.05, 3.63) is 59.1 Å². The minimum absolute atomic E-state index is 0. The fourth-order valence-corrected chi connectivity index (χ4v) is 4.18. The van der Waals surface area contributed by atoms with Gasteiger partial charge in [-0.25, -0.2) is 13.1 Å². The van der Waals surface area contributed by atoms with Crippen molar-refractivity contribution < 1.29 is 8.42 Å². The van der Waals surface area contributed by atoms with Crippen LogP contribution in [-0.2, 0) is 16.6 Å². The zero-order valence-electron chi connectivity index (χ0n) is 16.9. The van der Waals surface area contributed by atoms with Gasteiger partial charge in [0.2, 0.25) is 10.0 Å². The summed E-state index contributed by atoms with van der Waals surface area (Å²) in [5.41, 5.74) is 2.09. The standard InChI is InChI=1S/C20H26ClN5O2S.HI/c1-22-20(24-13-15-6-8-19(9-7-15)29(27,28)23-2)25-17-10-11-26(14-17)18-5-3-4-16(21)12-18;/h3-9,12,17,23H,10-11,13-14H2,1-2H3,(H2,22,24,25);1H. The van der Waals surface area contributed by atoms with E-state index in [1.165, 1.54) is 7.05 Å². The van der Waals surface area contributed by atoms with Gasteiger partial charge >= 0.3 is 0 Å². The molecule has 0 radical (unpaired) electrons. The number of nitrogens with one attached hydrogen (secondary N) is 3. The molecule has 2 aromatic rings. The highest BCUT2D eigenvalue weighted by Crippen LogP contribution is 2.23. The Morgan fingerprint density at radius 3 is 2.60 bits per heavy atom. The monoisotopic (exact) mass is 563 g/mol. The van der Waals surface area contributed by atoms with E-state index in [2.05, 4.69) is 31.3 Å². The number of halogens is 2. The van der Waals surface area contributed by atoms with Gasteiger partial charge in [0.25, 0.3) is 0 Å². The smallest absolute Gasteiger partial charge is 0.240 e. The molecule has 2 aromatic carbocycles. The number of aliphatic imine (C=N–C) groups is 1. The van der Waals surface area contributed by atoms with Crippen molar-refractivity contribution in [2.75, 3.05) is 32.1 Å². The van der Waals surface area contributed by atoms with Crippen molar-refractivity contribution in [3.8, 4) is 0 Å². The molecule has 1 unspecified atom stereocenters. The molecule has 7 nitrogen and oxygen atoms in total. The predicted molar refractivity (Wildman–Crippen MR) is 134 cm³/mol. The van der Waals surface area contributed by atoms with Crippen molar-refractivity contribution >= 4 is 57.2 Å². The van der Waals surface area contributed by atoms with Crippen LogP contribution < -0.4 is 20.3 Å². The second-order valence-corrected chi connectivity index (χ2v) is 9.16. The summed E-state index contributed by atoms with van der Waals surface area (Å²) in [4.78, 5) is 6.85. The SMILES string of the molecule is CN=C(NCc1ccc(S(=O)(=O)NC)cc1)NC1CCN(c2cccc(Cl)c2)C1.I. The molecule has 0 aliphatic carbocycles. The Bertz CT molecular complexity index is 969. The summed E-state index contributed by atoms with van der Waals surface area (Å²) < 4.78 is 25.9. The van der Waals surface area contributed by atoms with Crippen LogP contribution >= 0.6 is 35.6 Å². The van der Waals surface area contributed by atoms with Gasteiger partial charge in [0.15, 0.2) is 5.96 Å². The first-order chi connectivity index (χ1) is 13.9. The lowest BCUT2D eigenvalue weighted by Crippen LogP contribution is -2.44. The molecule has 164 valence electrons. The molecule has 1 aliphatic heterocycles. The van der Waals surface area contributed by atoms with Gasteiger partial charge in [-0.15, -0.1) is 24.0 Å². The number of hydrogen-bond donors (Lipinski definition) is 3. The molecule has 0 aromatic heterocycles. The van der Waals surface area contributed by atoms with Gasteiger partial charge in [0.05, 0.1) is 4.90 Å². The van der Waals surface area contributed by atoms with Crippen LogP contribution in [0.2, 0.25) is 5.02 Å². The first-order valence-electron chi connectivity index (χ1n) is 9.41. The van der Waals surface area contributed by atoms with E-state index in [0.29, 0.717) is 6.54 Å². The van der Waals surface area contributed by atoms with E-state index in [-0.39, 0.29) is 34.9 Å². The second-order valence-electron chi connectivity index (χ2n) is 6.83. The topological polar surface area (TPSA) is 85.8 Å². The highest BCUT2D eigenvalue weighted by Gasteiger charge is 2.23. The average molecular weight is 564 g/mol. The van der Waals surface area contributed by atoms with Crippen LogP contribution in [0.4, 0.5) is 5.69 Å². The molecule has 1 aliphatic rings. The van der Waals surface area contributed by atoms with E-state index < -0.39 is 10.0 Å². The lowest BCUT2D eigenvalue weighted by molar-refractivity contribution is 0.588. The number of nitrogens with zero attached hydrogens (tertiary/aromatic N) is 2. The van der Waals surface area contributed by atoms with Crippen LogP contribution in [0.15, 0.2) is 58.4 Å². The fourth-order valence-electron chi connectivity index (χ4n) is 3.26. The molecule has 10 heteroatoms. The van der Waals surface area contributed by atoms with Crippen LogP contribution in [0.3, 0.4) is 0 Å². The Kier molecular flexibility index (Phi) is 9.20. The van der Waals surface area contributed by atoms with Gasteiger partial charge in [-0.3, -0.25) is 4.99 Å². The average Bonchev–Trinajstić information content (AvgIpc) is 3.20. The second kappa shape index (κ2) is 11.2. The number of benzene rings is 2. The Hall–Kier alpha value is -1.56. The van der Waals surface area contributed by atoms with E-state index in [1.807, 2.05) is 18.2 Å². The molecule has 1 heterocycles. The van der Waals surface area contributed by atoms with Gasteiger partial charge in [0.1, 0.15) is 0 Å². The summed E-state index contributed by atoms with van der Waals surface area (Å²) in [6.45, 7) is 2.37. The maximum Gasteiger partial charge on any atom is 0.240 e. The molecule has 3 N–H and O–H groups in total. The molecule has 0 spiro atoms. The van der Waals surface area contributed by atoms with Crippen LogP contribution in [-0.4, -0.2) is 47.6 Å². The first kappa shape index (κ1) is 24.7. The van der Waals surface area contributed by atoms with Gasteiger partial charge in [-0.1, -0.05) is 29.8 Å². The van der Waals surface area contributed by atoms with Gasteiger partial charge < -0.3 is 15.5 Å². The lowest BCUT2D eigenvalue weighted by Gasteiger charge is -2.20. The third-order valence-corrected chi connectivity index (χ3v) is 6.55. The summed E-state index contributed by atoms with van der Waals surface area (Å²) in [5.74, 6) is 0.717. The molecule has 1 fully saturated rings. The number of guanidine groups is 1. The highest BCUT2D eigenvalue weighted by molar-refractivity contribution is 14.0. The van der Waals surface area contributed by atoms with Gasteiger partial charge in [-0.2, -0.15) is 0 Å². The molecular formula is C20H27ClIN5O2S. The molecule has 1 saturated heterocycles. The maximum absolute atomic E-state index is 11.8. The summed E-state index contributed by atoms with van der Waals surface area (Å²) >= 11 is 6.10. The van der Waals surface area contributed by atoms with Crippen molar-refractivity contribution in [1.29, 1.82) is 0 Å². The summed E-state index contributed by atoms with van der Waals surface area (Å²) in [6.07, 6.45) is 1.00. The van der Waals surface area contributed by atoms with E-state index in [1.54, 1.807) is 31.3 Å². The van der Waals surface area contributed by atoms with Crippen molar-refractivity contribution in [2.45, 2.75) is 23.9 Å². The molecule has 0 bridgehead atoms. The van der Waals surface area contributed by atoms with Crippen LogP contribution in [0.25, 0.3) is 0 Å². The maximum atomic E-state index is 11.8. The quantitative estimate of drug-likeness (QED) is 0.286. The third kappa shape index (κ3) is 6.47. The Balaban J connectivity index is 0.00000320. The van der Waals surface area contributed by atoms with Crippen molar-refractivity contribution in [2.24, 2.45) is 4.99 Å². The minimum Gasteiger partial charge on any atom is -0.369 e.